The third kappa shape index (κ3) is 6.93. The lowest BCUT2D eigenvalue weighted by molar-refractivity contribution is -0.137. The quantitative estimate of drug-likeness (QED) is 0.405. The molecule has 0 aromatic heterocycles. The maximum absolute atomic E-state index is 11.1. The Balaban J connectivity index is 2.54. The number of allylic oxidation sites excluding steroid dienone is 4. The highest BCUT2D eigenvalue weighted by atomic mass is 16.5. The van der Waals surface area contributed by atoms with Gasteiger partial charge in [0, 0.05) is 24.8 Å². The van der Waals surface area contributed by atoms with Gasteiger partial charge in [-0.05, 0) is 26.2 Å². The highest BCUT2D eigenvalue weighted by Crippen LogP contribution is 2.36. The zero-order chi connectivity index (χ0) is 17.2. The molecule has 0 aliphatic heterocycles. The SMILES string of the molecule is CCOC(=O)/C=C/C=C/C=C/[C@H]1[C@@H](CCC(C)=O)[C@H](O)C[C@@H]1O. The largest absolute Gasteiger partial charge is 0.463 e. The molecule has 5 heteroatoms. The van der Waals surface area contributed by atoms with Crippen molar-refractivity contribution in [1.29, 1.82) is 0 Å². The van der Waals surface area contributed by atoms with E-state index in [0.29, 0.717) is 25.9 Å². The minimum atomic E-state index is -0.596. The van der Waals surface area contributed by atoms with Crippen LogP contribution in [0, 0.1) is 11.8 Å². The summed E-state index contributed by atoms with van der Waals surface area (Å²) < 4.78 is 4.75. The fraction of sp³-hybridized carbons (Fsp3) is 0.556. The fourth-order valence-corrected chi connectivity index (χ4v) is 2.79. The van der Waals surface area contributed by atoms with Gasteiger partial charge in [-0.3, -0.25) is 0 Å². The van der Waals surface area contributed by atoms with Gasteiger partial charge in [0.2, 0.25) is 0 Å². The van der Waals surface area contributed by atoms with E-state index in [-0.39, 0.29) is 23.6 Å². The second kappa shape index (κ2) is 10.1. The van der Waals surface area contributed by atoms with Crippen molar-refractivity contribution in [2.45, 2.75) is 45.3 Å². The van der Waals surface area contributed by atoms with Gasteiger partial charge >= 0.3 is 5.97 Å². The molecule has 1 saturated carbocycles. The molecule has 23 heavy (non-hydrogen) atoms. The average Bonchev–Trinajstić information content (AvgIpc) is 2.74. The van der Waals surface area contributed by atoms with E-state index in [1.807, 2.05) is 6.08 Å². The average molecular weight is 322 g/mol. The molecule has 5 nitrogen and oxygen atoms in total. The second-order valence-corrected chi connectivity index (χ2v) is 5.73. The van der Waals surface area contributed by atoms with E-state index in [1.165, 1.54) is 13.0 Å². The van der Waals surface area contributed by atoms with Gasteiger partial charge < -0.3 is 19.7 Å². The molecule has 0 aromatic rings. The van der Waals surface area contributed by atoms with Crippen molar-refractivity contribution in [1.82, 2.24) is 0 Å². The minimum Gasteiger partial charge on any atom is -0.463 e. The van der Waals surface area contributed by atoms with Gasteiger partial charge in [0.05, 0.1) is 18.8 Å². The van der Waals surface area contributed by atoms with Crippen LogP contribution in [0.15, 0.2) is 36.5 Å². The topological polar surface area (TPSA) is 83.8 Å². The summed E-state index contributed by atoms with van der Waals surface area (Å²) in [4.78, 5) is 22.2. The molecule has 1 aliphatic carbocycles. The summed E-state index contributed by atoms with van der Waals surface area (Å²) >= 11 is 0. The summed E-state index contributed by atoms with van der Waals surface area (Å²) in [7, 11) is 0. The summed E-state index contributed by atoms with van der Waals surface area (Å²) in [5.74, 6) is -0.568. The van der Waals surface area contributed by atoms with Gasteiger partial charge in [0.1, 0.15) is 5.78 Å². The van der Waals surface area contributed by atoms with Gasteiger partial charge in [0.15, 0.2) is 0 Å². The first-order valence-electron chi connectivity index (χ1n) is 7.99. The van der Waals surface area contributed by atoms with Gasteiger partial charge in [-0.1, -0.05) is 30.4 Å². The van der Waals surface area contributed by atoms with Crippen molar-refractivity contribution in [2.75, 3.05) is 6.61 Å². The number of hydrogen-bond donors (Lipinski definition) is 2. The summed E-state index contributed by atoms with van der Waals surface area (Å²) in [5.41, 5.74) is 0. The van der Waals surface area contributed by atoms with Crippen LogP contribution in [0.3, 0.4) is 0 Å². The monoisotopic (exact) mass is 322 g/mol. The Bertz CT molecular complexity index is 478. The van der Waals surface area contributed by atoms with Crippen LogP contribution in [-0.4, -0.2) is 40.8 Å². The molecule has 1 aliphatic rings. The molecule has 0 radical (unpaired) electrons. The molecular formula is C18H26O5. The van der Waals surface area contributed by atoms with Crippen LogP contribution in [0.4, 0.5) is 0 Å². The maximum atomic E-state index is 11.1. The first kappa shape index (κ1) is 19.3. The van der Waals surface area contributed by atoms with Crippen LogP contribution < -0.4 is 0 Å². The molecule has 2 N–H and O–H groups in total. The molecule has 0 amide bonds. The summed E-state index contributed by atoms with van der Waals surface area (Å²) in [6.07, 6.45) is 10.1. The molecule has 0 bridgehead atoms. The molecular weight excluding hydrogens is 296 g/mol. The van der Waals surface area contributed by atoms with Gasteiger partial charge in [-0.2, -0.15) is 0 Å². The molecule has 0 unspecified atom stereocenters. The smallest absolute Gasteiger partial charge is 0.330 e. The third-order valence-electron chi connectivity index (χ3n) is 3.93. The number of hydrogen-bond acceptors (Lipinski definition) is 5. The minimum absolute atomic E-state index is 0.0883. The van der Waals surface area contributed by atoms with E-state index in [9.17, 15) is 19.8 Å². The summed E-state index contributed by atoms with van der Waals surface area (Å²) in [6, 6.07) is 0. The number of Topliss-reactive ketones (excluding diaryl/α,β-unsaturated/α-hetero) is 1. The molecule has 1 rings (SSSR count). The van der Waals surface area contributed by atoms with Crippen LogP contribution in [0.25, 0.3) is 0 Å². The Morgan fingerprint density at radius 3 is 2.48 bits per heavy atom. The van der Waals surface area contributed by atoms with Gasteiger partial charge in [-0.15, -0.1) is 0 Å². The van der Waals surface area contributed by atoms with E-state index in [0.717, 1.165) is 0 Å². The highest BCUT2D eigenvalue weighted by Gasteiger charge is 2.39. The van der Waals surface area contributed by atoms with Crippen LogP contribution in [0.2, 0.25) is 0 Å². The van der Waals surface area contributed by atoms with E-state index in [2.05, 4.69) is 0 Å². The van der Waals surface area contributed by atoms with Crippen LogP contribution in [0.1, 0.15) is 33.1 Å². The van der Waals surface area contributed by atoms with Crippen LogP contribution >= 0.6 is 0 Å². The molecule has 128 valence electrons. The second-order valence-electron chi connectivity index (χ2n) is 5.73. The summed E-state index contributed by atoms with van der Waals surface area (Å²) in [6.45, 7) is 3.62. The van der Waals surface area contributed by atoms with Gasteiger partial charge in [-0.25, -0.2) is 4.79 Å². The van der Waals surface area contributed by atoms with E-state index < -0.39 is 12.2 Å². The molecule has 1 fully saturated rings. The maximum Gasteiger partial charge on any atom is 0.330 e. The Labute approximate surface area is 137 Å². The Morgan fingerprint density at radius 1 is 1.13 bits per heavy atom. The number of aliphatic hydroxyl groups excluding tert-OH is 2. The third-order valence-corrected chi connectivity index (χ3v) is 3.93. The van der Waals surface area contributed by atoms with E-state index in [4.69, 9.17) is 4.74 Å². The standard InChI is InChI=1S/C18H26O5/c1-3-23-18(22)9-7-5-4-6-8-14-15(11-10-13(2)19)17(21)12-16(14)20/h4-9,14-17,20-21H,3,10-12H2,1-2H3/b5-4+,8-6+,9-7+/t14-,15+,16-,17+/m0/s1. The van der Waals surface area contributed by atoms with Crippen LogP contribution in [-0.2, 0) is 14.3 Å². The summed E-state index contributed by atoms with van der Waals surface area (Å²) in [5, 5.41) is 20.0. The number of rotatable bonds is 8. The van der Waals surface area contributed by atoms with Crippen molar-refractivity contribution in [3.63, 3.8) is 0 Å². The normalized spacial score (nSPS) is 28.2. The Kier molecular flexibility index (Phi) is 8.51. The number of ketones is 1. The molecule has 0 heterocycles. The number of carbonyl (C=O) groups excluding carboxylic acids is 2. The first-order valence-corrected chi connectivity index (χ1v) is 7.99. The predicted molar refractivity (Wildman–Crippen MR) is 87.6 cm³/mol. The highest BCUT2D eigenvalue weighted by molar-refractivity contribution is 5.82. The lowest BCUT2D eigenvalue weighted by atomic mass is 9.88. The predicted octanol–water partition coefficient (Wildman–Crippen LogP) is 1.95. The molecule has 4 atom stereocenters. The van der Waals surface area contributed by atoms with E-state index in [1.54, 1.807) is 31.2 Å². The molecule has 0 spiro atoms. The van der Waals surface area contributed by atoms with Crippen molar-refractivity contribution >= 4 is 11.8 Å². The number of esters is 1. The lowest BCUT2D eigenvalue weighted by Crippen LogP contribution is -2.21. The number of aliphatic hydroxyl groups is 2. The number of ether oxygens (including phenoxy) is 1. The first-order chi connectivity index (χ1) is 11.0. The van der Waals surface area contributed by atoms with Crippen molar-refractivity contribution in [2.24, 2.45) is 11.8 Å². The fourth-order valence-electron chi connectivity index (χ4n) is 2.79. The molecule has 0 aromatic carbocycles. The Hall–Kier alpha value is -1.72. The molecule has 0 saturated heterocycles. The number of carbonyl (C=O) groups is 2. The lowest BCUT2D eigenvalue weighted by Gasteiger charge is -2.19. The van der Waals surface area contributed by atoms with Gasteiger partial charge in [0.25, 0.3) is 0 Å². The van der Waals surface area contributed by atoms with Crippen molar-refractivity contribution in [3.05, 3.63) is 36.5 Å². The zero-order valence-electron chi connectivity index (χ0n) is 13.7. The van der Waals surface area contributed by atoms with Crippen LogP contribution in [0.5, 0.6) is 0 Å². The zero-order valence-corrected chi connectivity index (χ0v) is 13.7. The van der Waals surface area contributed by atoms with E-state index >= 15 is 0 Å². The Morgan fingerprint density at radius 2 is 1.83 bits per heavy atom. The van der Waals surface area contributed by atoms with Crippen molar-refractivity contribution < 1.29 is 24.5 Å². The van der Waals surface area contributed by atoms with Crippen molar-refractivity contribution in [3.8, 4) is 0 Å².